The normalized spacial score (nSPS) is 12.9. The molecule has 0 unspecified atom stereocenters. The molecule has 3 aromatic rings. The zero-order valence-corrected chi connectivity index (χ0v) is 18.7. The largest absolute Gasteiger partial charge is 0.497 e. The number of ether oxygens (including phenoxy) is 3. The minimum atomic E-state index is -0.223. The van der Waals surface area contributed by atoms with Crippen LogP contribution in [0.1, 0.15) is 21.5 Å². The van der Waals surface area contributed by atoms with Gasteiger partial charge in [-0.15, -0.1) is 0 Å². The molecule has 0 fully saturated rings. The Morgan fingerprint density at radius 3 is 2.30 bits per heavy atom. The number of benzene rings is 3. The van der Waals surface area contributed by atoms with Crippen molar-refractivity contribution < 1.29 is 23.8 Å². The molecule has 0 saturated heterocycles. The maximum atomic E-state index is 12.6. The Kier molecular flexibility index (Phi) is 6.78. The number of anilines is 1. The number of rotatable bonds is 7. The van der Waals surface area contributed by atoms with Crippen molar-refractivity contribution in [2.24, 2.45) is 0 Å². The monoisotopic (exact) mass is 446 g/mol. The molecule has 0 radical (unpaired) electrons. The summed E-state index contributed by atoms with van der Waals surface area (Å²) in [6, 6.07) is 20.1. The van der Waals surface area contributed by atoms with Crippen LogP contribution >= 0.6 is 0 Å². The lowest BCUT2D eigenvalue weighted by atomic mass is 10.1. The van der Waals surface area contributed by atoms with Crippen molar-refractivity contribution in [2.45, 2.75) is 13.0 Å². The number of carbonyl (C=O) groups is 2. The third-order valence-electron chi connectivity index (χ3n) is 5.57. The third kappa shape index (κ3) is 5.44. The number of amides is 2. The van der Waals surface area contributed by atoms with Crippen molar-refractivity contribution >= 4 is 17.5 Å². The SMILES string of the molecule is COc1ccc(CCN2Cc3cc(NC(=O)c4ccc(OC)cc4)ccc3OCC2=O)cc1. The zero-order valence-electron chi connectivity index (χ0n) is 18.7. The molecule has 1 aliphatic heterocycles. The summed E-state index contributed by atoms with van der Waals surface area (Å²) < 4.78 is 16.0. The van der Waals surface area contributed by atoms with E-state index in [4.69, 9.17) is 14.2 Å². The lowest BCUT2D eigenvalue weighted by Crippen LogP contribution is -2.34. The fraction of sp³-hybridized carbons (Fsp3) is 0.231. The molecule has 1 heterocycles. The minimum Gasteiger partial charge on any atom is -0.497 e. The van der Waals surface area contributed by atoms with Gasteiger partial charge in [0.2, 0.25) is 0 Å². The van der Waals surface area contributed by atoms with Gasteiger partial charge in [0.25, 0.3) is 11.8 Å². The summed E-state index contributed by atoms with van der Waals surface area (Å²) in [5.74, 6) is 1.85. The Morgan fingerprint density at radius 1 is 0.970 bits per heavy atom. The summed E-state index contributed by atoms with van der Waals surface area (Å²) >= 11 is 0. The summed E-state index contributed by atoms with van der Waals surface area (Å²) in [5.41, 5.74) is 3.14. The molecule has 1 N–H and O–H groups in total. The molecule has 0 aliphatic carbocycles. The first-order valence-electron chi connectivity index (χ1n) is 10.7. The highest BCUT2D eigenvalue weighted by Crippen LogP contribution is 2.27. The van der Waals surface area contributed by atoms with Crippen molar-refractivity contribution in [1.82, 2.24) is 4.90 Å². The second kappa shape index (κ2) is 10.1. The molecular weight excluding hydrogens is 420 g/mol. The Balaban J connectivity index is 1.44. The molecule has 0 saturated carbocycles. The molecular formula is C26H26N2O5. The molecule has 0 bridgehead atoms. The standard InChI is InChI=1S/C26H26N2O5/c1-31-22-8-3-18(4-9-22)13-14-28-16-20-15-21(7-12-24(20)33-17-25(28)29)27-26(30)19-5-10-23(32-2)11-6-19/h3-12,15H,13-14,16-17H2,1-2H3,(H,27,30). The van der Waals surface area contributed by atoms with Crippen LogP contribution in [0.5, 0.6) is 17.2 Å². The van der Waals surface area contributed by atoms with Gasteiger partial charge in [-0.1, -0.05) is 12.1 Å². The van der Waals surface area contributed by atoms with E-state index in [0.717, 1.165) is 23.3 Å². The first kappa shape index (κ1) is 22.2. The number of nitrogens with zero attached hydrogens (tertiary/aromatic N) is 1. The van der Waals surface area contributed by atoms with Crippen LogP contribution in [0.2, 0.25) is 0 Å². The first-order chi connectivity index (χ1) is 16.1. The van der Waals surface area contributed by atoms with E-state index in [-0.39, 0.29) is 18.4 Å². The molecule has 0 atom stereocenters. The van der Waals surface area contributed by atoms with Gasteiger partial charge in [-0.3, -0.25) is 9.59 Å². The highest BCUT2D eigenvalue weighted by molar-refractivity contribution is 6.04. The predicted octanol–water partition coefficient (Wildman–Crippen LogP) is 3.92. The van der Waals surface area contributed by atoms with Crippen LogP contribution in [0.4, 0.5) is 5.69 Å². The number of carbonyl (C=O) groups excluding carboxylic acids is 2. The Bertz CT molecular complexity index is 1130. The average molecular weight is 447 g/mol. The summed E-state index contributed by atoms with van der Waals surface area (Å²) in [6.45, 7) is 0.972. The van der Waals surface area contributed by atoms with E-state index in [0.29, 0.717) is 35.8 Å². The third-order valence-corrected chi connectivity index (χ3v) is 5.57. The fourth-order valence-corrected chi connectivity index (χ4v) is 3.65. The fourth-order valence-electron chi connectivity index (χ4n) is 3.65. The van der Waals surface area contributed by atoms with Crippen LogP contribution in [0.3, 0.4) is 0 Å². The number of fused-ring (bicyclic) bond motifs is 1. The topological polar surface area (TPSA) is 77.1 Å². The van der Waals surface area contributed by atoms with E-state index in [2.05, 4.69) is 5.32 Å². The second-order valence-electron chi connectivity index (χ2n) is 7.71. The van der Waals surface area contributed by atoms with Crippen LogP contribution in [0.15, 0.2) is 66.7 Å². The van der Waals surface area contributed by atoms with E-state index in [1.54, 1.807) is 55.5 Å². The van der Waals surface area contributed by atoms with Crippen molar-refractivity contribution in [3.05, 3.63) is 83.4 Å². The molecule has 0 spiro atoms. The van der Waals surface area contributed by atoms with Gasteiger partial charge in [0, 0.05) is 29.9 Å². The summed E-state index contributed by atoms with van der Waals surface area (Å²) in [6.07, 6.45) is 0.721. The van der Waals surface area contributed by atoms with E-state index in [9.17, 15) is 9.59 Å². The molecule has 170 valence electrons. The highest BCUT2D eigenvalue weighted by Gasteiger charge is 2.22. The van der Waals surface area contributed by atoms with Crippen LogP contribution in [0.25, 0.3) is 0 Å². The van der Waals surface area contributed by atoms with E-state index >= 15 is 0 Å². The molecule has 7 nitrogen and oxygen atoms in total. The second-order valence-corrected chi connectivity index (χ2v) is 7.71. The quantitative estimate of drug-likeness (QED) is 0.595. The summed E-state index contributed by atoms with van der Waals surface area (Å²) in [7, 11) is 3.22. The van der Waals surface area contributed by atoms with Crippen LogP contribution < -0.4 is 19.5 Å². The van der Waals surface area contributed by atoms with Crippen LogP contribution in [0, 0.1) is 0 Å². The number of hydrogen-bond donors (Lipinski definition) is 1. The Hall–Kier alpha value is -4.00. The van der Waals surface area contributed by atoms with Gasteiger partial charge >= 0.3 is 0 Å². The molecule has 4 rings (SSSR count). The minimum absolute atomic E-state index is 0.00678. The van der Waals surface area contributed by atoms with Crippen molar-refractivity contribution in [3.63, 3.8) is 0 Å². The van der Waals surface area contributed by atoms with Gasteiger partial charge in [-0.25, -0.2) is 0 Å². The zero-order chi connectivity index (χ0) is 23.2. The molecule has 1 aliphatic rings. The molecule has 7 heteroatoms. The predicted molar refractivity (Wildman–Crippen MR) is 125 cm³/mol. The van der Waals surface area contributed by atoms with Crippen molar-refractivity contribution in [2.75, 3.05) is 32.7 Å². The van der Waals surface area contributed by atoms with Gasteiger partial charge in [-0.2, -0.15) is 0 Å². The van der Waals surface area contributed by atoms with Crippen molar-refractivity contribution in [1.29, 1.82) is 0 Å². The van der Waals surface area contributed by atoms with Crippen molar-refractivity contribution in [3.8, 4) is 17.2 Å². The molecule has 3 aromatic carbocycles. The highest BCUT2D eigenvalue weighted by atomic mass is 16.5. The maximum Gasteiger partial charge on any atom is 0.260 e. The lowest BCUT2D eigenvalue weighted by molar-refractivity contribution is -0.133. The molecule has 2 amide bonds. The smallest absolute Gasteiger partial charge is 0.260 e. The van der Waals surface area contributed by atoms with Crippen LogP contribution in [-0.2, 0) is 17.8 Å². The van der Waals surface area contributed by atoms with E-state index < -0.39 is 0 Å². The van der Waals surface area contributed by atoms with Gasteiger partial charge in [0.05, 0.1) is 14.2 Å². The lowest BCUT2D eigenvalue weighted by Gasteiger charge is -2.20. The maximum absolute atomic E-state index is 12.6. The summed E-state index contributed by atoms with van der Waals surface area (Å²) in [5, 5.41) is 2.91. The number of methoxy groups -OCH3 is 2. The Labute approximate surface area is 192 Å². The summed E-state index contributed by atoms with van der Waals surface area (Å²) in [4.78, 5) is 27.0. The first-order valence-corrected chi connectivity index (χ1v) is 10.7. The molecule has 33 heavy (non-hydrogen) atoms. The molecule has 0 aromatic heterocycles. The average Bonchev–Trinajstić information content (AvgIpc) is 3.01. The number of nitrogens with one attached hydrogen (secondary N) is 1. The van der Waals surface area contributed by atoms with Crippen LogP contribution in [-0.4, -0.2) is 44.1 Å². The number of hydrogen-bond acceptors (Lipinski definition) is 5. The van der Waals surface area contributed by atoms with E-state index in [1.807, 2.05) is 30.3 Å². The van der Waals surface area contributed by atoms with Gasteiger partial charge < -0.3 is 24.4 Å². The van der Waals surface area contributed by atoms with E-state index in [1.165, 1.54) is 0 Å². The Morgan fingerprint density at radius 2 is 1.64 bits per heavy atom. The van der Waals surface area contributed by atoms with Gasteiger partial charge in [-0.05, 0) is 66.6 Å². The van der Waals surface area contributed by atoms with Gasteiger partial charge in [0.15, 0.2) is 6.61 Å². The van der Waals surface area contributed by atoms with Gasteiger partial charge in [0.1, 0.15) is 17.2 Å².